The molecule has 216 valence electrons. The summed E-state index contributed by atoms with van der Waals surface area (Å²) in [6.07, 6.45) is 0.225. The van der Waals surface area contributed by atoms with Gasteiger partial charge >= 0.3 is 6.09 Å². The minimum absolute atomic E-state index is 0.0611. The Morgan fingerprint density at radius 3 is 2.56 bits per heavy atom. The van der Waals surface area contributed by atoms with Crippen LogP contribution in [0.5, 0.6) is 0 Å². The van der Waals surface area contributed by atoms with E-state index in [1.54, 1.807) is 30.2 Å². The highest BCUT2D eigenvalue weighted by atomic mass is 19.1. The Kier molecular flexibility index (Phi) is 11.2. The zero-order valence-corrected chi connectivity index (χ0v) is 23.1. The molecule has 0 saturated carbocycles. The lowest BCUT2D eigenvalue weighted by Crippen LogP contribution is -2.57. The van der Waals surface area contributed by atoms with Gasteiger partial charge in [-0.05, 0) is 43.7 Å². The zero-order chi connectivity index (χ0) is 28.5. The van der Waals surface area contributed by atoms with Crippen LogP contribution in [0, 0.1) is 17.7 Å². The number of para-hydroxylation sites is 1. The summed E-state index contributed by atoms with van der Waals surface area (Å²) in [6, 6.07) is 5.68. The van der Waals surface area contributed by atoms with Gasteiger partial charge in [0.1, 0.15) is 11.5 Å². The summed E-state index contributed by atoms with van der Waals surface area (Å²) in [5.74, 6) is -1.23. The van der Waals surface area contributed by atoms with E-state index >= 15 is 0 Å². The second-order valence-corrected chi connectivity index (χ2v) is 10.4. The summed E-state index contributed by atoms with van der Waals surface area (Å²) in [5, 5.41) is 28.8. The van der Waals surface area contributed by atoms with Gasteiger partial charge in [-0.2, -0.15) is 0 Å². The molecule has 3 rings (SSSR count). The number of carbonyl (C=O) groups is 2. The first kappa shape index (κ1) is 30.5. The number of benzene rings is 1. The molecule has 1 fully saturated rings. The van der Waals surface area contributed by atoms with Crippen molar-refractivity contribution in [3.8, 4) is 5.69 Å². The molecule has 1 aromatic heterocycles. The summed E-state index contributed by atoms with van der Waals surface area (Å²) >= 11 is 0. The van der Waals surface area contributed by atoms with Crippen LogP contribution in [0.1, 0.15) is 49.3 Å². The molecule has 1 saturated heterocycles. The van der Waals surface area contributed by atoms with Gasteiger partial charge in [-0.25, -0.2) is 13.9 Å². The van der Waals surface area contributed by atoms with Crippen molar-refractivity contribution in [1.82, 2.24) is 24.8 Å². The van der Waals surface area contributed by atoms with Crippen molar-refractivity contribution in [2.75, 3.05) is 47.1 Å². The number of aromatic nitrogens is 3. The third-order valence-corrected chi connectivity index (χ3v) is 6.93. The summed E-state index contributed by atoms with van der Waals surface area (Å²) < 4.78 is 26.4. The van der Waals surface area contributed by atoms with E-state index in [4.69, 9.17) is 9.47 Å². The van der Waals surface area contributed by atoms with Gasteiger partial charge in [0, 0.05) is 46.4 Å². The van der Waals surface area contributed by atoms with Crippen LogP contribution in [0.3, 0.4) is 0 Å². The smallest absolute Gasteiger partial charge is 0.407 e. The van der Waals surface area contributed by atoms with Crippen LogP contribution in [0.25, 0.3) is 5.69 Å². The van der Waals surface area contributed by atoms with Crippen LogP contribution in [0.15, 0.2) is 24.3 Å². The van der Waals surface area contributed by atoms with Crippen LogP contribution in [0.4, 0.5) is 9.18 Å². The number of carboxylic acid groups (broad SMARTS) is 1. The molecule has 2 amide bonds. The molecule has 1 unspecified atom stereocenters. The lowest BCUT2D eigenvalue weighted by atomic mass is 9.88. The quantitative estimate of drug-likeness (QED) is 0.365. The van der Waals surface area contributed by atoms with Crippen LogP contribution in [0.2, 0.25) is 0 Å². The standard InChI is InChI=1S/C27H40FN5O6/c1-18(2)14-32(20-13-19(24(34)17-39-4)15-31(16-20)27(36)37)26(35)25-23(11-7-8-12-38-3)33(30-29-25)22-10-6-5-9-21(22)28/h5-6,9-10,18-20,24,34H,7-8,11-17H2,1-4H3,(H,36,37)/t19-,20+,24?/m1/s1. The summed E-state index contributed by atoms with van der Waals surface area (Å²) in [4.78, 5) is 29.0. The SMILES string of the molecule is COCCCCc1c(C(=O)N(CC(C)C)[C@H]2C[C@@H](C(O)COC)CN(C(=O)O)C2)nnn1-c1ccccc1F. The van der Waals surface area contributed by atoms with Gasteiger partial charge in [-0.15, -0.1) is 5.10 Å². The fourth-order valence-corrected chi connectivity index (χ4v) is 5.05. The number of aliphatic hydroxyl groups excluding tert-OH is 1. The molecule has 11 nitrogen and oxygen atoms in total. The minimum atomic E-state index is -1.12. The van der Waals surface area contributed by atoms with Crippen molar-refractivity contribution in [2.24, 2.45) is 11.8 Å². The number of hydrogen-bond acceptors (Lipinski definition) is 7. The molecule has 1 aliphatic rings. The Bertz CT molecular complexity index is 1100. The highest BCUT2D eigenvalue weighted by Gasteiger charge is 2.39. The van der Waals surface area contributed by atoms with Gasteiger partial charge in [0.15, 0.2) is 5.69 Å². The van der Waals surface area contributed by atoms with Crippen molar-refractivity contribution in [1.29, 1.82) is 0 Å². The van der Waals surface area contributed by atoms with Gasteiger partial charge in [-0.1, -0.05) is 31.2 Å². The number of methoxy groups -OCH3 is 2. The Labute approximate surface area is 228 Å². The molecule has 0 bridgehead atoms. The van der Waals surface area contributed by atoms with Crippen LogP contribution < -0.4 is 0 Å². The number of hydrogen-bond donors (Lipinski definition) is 2. The molecule has 2 aromatic rings. The first-order chi connectivity index (χ1) is 18.7. The van der Waals surface area contributed by atoms with E-state index in [0.717, 1.165) is 6.42 Å². The van der Waals surface area contributed by atoms with Gasteiger partial charge in [0.05, 0.1) is 24.4 Å². The molecule has 1 aliphatic heterocycles. The van der Waals surface area contributed by atoms with Crippen molar-refractivity contribution in [3.05, 3.63) is 41.5 Å². The number of likely N-dealkylation sites (tertiary alicyclic amines) is 1. The van der Waals surface area contributed by atoms with Crippen molar-refractivity contribution >= 4 is 12.0 Å². The number of ether oxygens (including phenoxy) is 2. The molecular weight excluding hydrogens is 509 g/mol. The molecule has 2 N–H and O–H groups in total. The topological polar surface area (TPSA) is 130 Å². The molecule has 0 radical (unpaired) electrons. The number of rotatable bonds is 13. The van der Waals surface area contributed by atoms with Crippen molar-refractivity contribution in [3.63, 3.8) is 0 Å². The van der Waals surface area contributed by atoms with Gasteiger partial charge in [-0.3, -0.25) is 4.79 Å². The summed E-state index contributed by atoms with van der Waals surface area (Å²) in [5.41, 5.74) is 0.785. The Morgan fingerprint density at radius 2 is 1.92 bits per heavy atom. The van der Waals surface area contributed by atoms with E-state index in [-0.39, 0.29) is 37.0 Å². The number of piperidine rings is 1. The predicted octanol–water partition coefficient (Wildman–Crippen LogP) is 2.85. The van der Waals surface area contributed by atoms with Gasteiger partial charge in [0.2, 0.25) is 0 Å². The molecule has 12 heteroatoms. The highest BCUT2D eigenvalue weighted by molar-refractivity contribution is 5.93. The Balaban J connectivity index is 2.00. The molecular formula is C27H40FN5O6. The number of halogens is 1. The van der Waals surface area contributed by atoms with E-state index in [1.165, 1.54) is 22.8 Å². The number of amides is 2. The Hall–Kier alpha value is -3.09. The third-order valence-electron chi connectivity index (χ3n) is 6.93. The number of nitrogens with zero attached hydrogens (tertiary/aromatic N) is 5. The number of carbonyl (C=O) groups excluding carboxylic acids is 1. The first-order valence-electron chi connectivity index (χ1n) is 13.3. The average molecular weight is 550 g/mol. The average Bonchev–Trinajstić information content (AvgIpc) is 3.32. The fourth-order valence-electron chi connectivity index (χ4n) is 5.05. The van der Waals surface area contributed by atoms with Crippen LogP contribution in [-0.4, -0.2) is 106 Å². The normalized spacial score (nSPS) is 18.4. The predicted molar refractivity (Wildman–Crippen MR) is 141 cm³/mol. The van der Waals surface area contributed by atoms with E-state index in [2.05, 4.69) is 10.3 Å². The van der Waals surface area contributed by atoms with Crippen molar-refractivity contribution in [2.45, 2.75) is 51.7 Å². The monoisotopic (exact) mass is 549 g/mol. The maximum absolute atomic E-state index is 14.7. The molecule has 39 heavy (non-hydrogen) atoms. The fraction of sp³-hybridized carbons (Fsp3) is 0.630. The minimum Gasteiger partial charge on any atom is -0.465 e. The second-order valence-electron chi connectivity index (χ2n) is 10.4. The summed E-state index contributed by atoms with van der Waals surface area (Å²) in [7, 11) is 3.09. The summed E-state index contributed by atoms with van der Waals surface area (Å²) in [6.45, 7) is 5.14. The van der Waals surface area contributed by atoms with E-state index in [1.807, 2.05) is 13.8 Å². The molecule has 0 spiro atoms. The van der Waals surface area contributed by atoms with E-state index in [9.17, 15) is 24.2 Å². The molecule has 2 heterocycles. The number of unbranched alkanes of at least 4 members (excludes halogenated alkanes) is 1. The maximum atomic E-state index is 14.7. The lowest BCUT2D eigenvalue weighted by Gasteiger charge is -2.43. The van der Waals surface area contributed by atoms with E-state index in [0.29, 0.717) is 38.1 Å². The maximum Gasteiger partial charge on any atom is 0.407 e. The van der Waals surface area contributed by atoms with Gasteiger partial charge in [0.25, 0.3) is 5.91 Å². The number of aliphatic hydroxyl groups is 1. The second kappa shape index (κ2) is 14.3. The van der Waals surface area contributed by atoms with Crippen LogP contribution in [-0.2, 0) is 15.9 Å². The highest BCUT2D eigenvalue weighted by Crippen LogP contribution is 2.27. The Morgan fingerprint density at radius 1 is 1.18 bits per heavy atom. The van der Waals surface area contributed by atoms with Crippen molar-refractivity contribution < 1.29 is 33.7 Å². The molecule has 3 atom stereocenters. The zero-order valence-electron chi connectivity index (χ0n) is 23.1. The molecule has 1 aromatic carbocycles. The van der Waals surface area contributed by atoms with E-state index < -0.39 is 35.9 Å². The van der Waals surface area contributed by atoms with Crippen LogP contribution >= 0.6 is 0 Å². The largest absolute Gasteiger partial charge is 0.465 e. The van der Waals surface area contributed by atoms with Gasteiger partial charge < -0.3 is 29.5 Å². The first-order valence-corrected chi connectivity index (χ1v) is 13.3. The third kappa shape index (κ3) is 7.74. The lowest BCUT2D eigenvalue weighted by molar-refractivity contribution is -0.0206. The molecule has 0 aliphatic carbocycles.